The average molecular weight is 215 g/mol. The van der Waals surface area contributed by atoms with E-state index in [1.165, 1.54) is 31.2 Å². The van der Waals surface area contributed by atoms with E-state index in [0.29, 0.717) is 6.04 Å². The van der Waals surface area contributed by atoms with E-state index in [1.54, 1.807) is 11.1 Å². The smallest absolute Gasteiger partial charge is 0.0348 e. The predicted molar refractivity (Wildman–Crippen MR) is 67.5 cm³/mol. The van der Waals surface area contributed by atoms with Crippen molar-refractivity contribution in [3.8, 4) is 0 Å². The molecule has 0 radical (unpaired) electrons. The van der Waals surface area contributed by atoms with Crippen molar-refractivity contribution in [1.29, 1.82) is 0 Å². The van der Waals surface area contributed by atoms with Crippen LogP contribution in [0.3, 0.4) is 0 Å². The standard InChI is InChI=1S/C15H21N/c1-10-8-14(10)15(16-2)13-7-6-11-4-3-5-12(11)9-13/h6-7,9-10,14-16H,3-5,8H2,1-2H3. The third-order valence-corrected chi connectivity index (χ3v) is 4.39. The molecule has 1 N–H and O–H groups in total. The van der Waals surface area contributed by atoms with Crippen molar-refractivity contribution in [2.45, 2.75) is 38.6 Å². The van der Waals surface area contributed by atoms with Gasteiger partial charge in [-0.25, -0.2) is 0 Å². The maximum atomic E-state index is 3.50. The zero-order chi connectivity index (χ0) is 11.1. The highest BCUT2D eigenvalue weighted by Crippen LogP contribution is 2.47. The number of hydrogen-bond acceptors (Lipinski definition) is 1. The minimum atomic E-state index is 0.584. The van der Waals surface area contributed by atoms with Crippen LogP contribution in [0.2, 0.25) is 0 Å². The average Bonchev–Trinajstić information content (AvgIpc) is 2.82. The summed E-state index contributed by atoms with van der Waals surface area (Å²) in [5, 5.41) is 3.50. The maximum Gasteiger partial charge on any atom is 0.0348 e. The summed E-state index contributed by atoms with van der Waals surface area (Å²) in [7, 11) is 2.10. The lowest BCUT2D eigenvalue weighted by atomic mass is 9.97. The molecule has 3 rings (SSSR count). The Morgan fingerprint density at radius 1 is 1.25 bits per heavy atom. The van der Waals surface area contributed by atoms with Crippen LogP contribution in [0.25, 0.3) is 0 Å². The molecule has 2 aliphatic carbocycles. The first kappa shape index (κ1) is 10.3. The second-order valence-electron chi connectivity index (χ2n) is 5.52. The molecule has 0 aromatic heterocycles. The molecule has 16 heavy (non-hydrogen) atoms. The topological polar surface area (TPSA) is 12.0 Å². The molecule has 0 heterocycles. The molecule has 1 heteroatoms. The summed E-state index contributed by atoms with van der Waals surface area (Å²) in [5.74, 6) is 1.77. The lowest BCUT2D eigenvalue weighted by molar-refractivity contribution is 0.504. The Kier molecular flexibility index (Phi) is 2.51. The third-order valence-electron chi connectivity index (χ3n) is 4.39. The quantitative estimate of drug-likeness (QED) is 0.817. The first-order chi connectivity index (χ1) is 7.79. The molecule has 0 amide bonds. The molecule has 86 valence electrons. The van der Waals surface area contributed by atoms with Gasteiger partial charge >= 0.3 is 0 Å². The van der Waals surface area contributed by atoms with Crippen LogP contribution < -0.4 is 5.32 Å². The second-order valence-corrected chi connectivity index (χ2v) is 5.52. The van der Waals surface area contributed by atoms with Crippen LogP contribution in [0, 0.1) is 11.8 Å². The van der Waals surface area contributed by atoms with Gasteiger partial charge in [0, 0.05) is 6.04 Å². The summed E-state index contributed by atoms with van der Waals surface area (Å²) in [6.45, 7) is 2.36. The Morgan fingerprint density at radius 3 is 2.69 bits per heavy atom. The molecule has 0 aliphatic heterocycles. The van der Waals surface area contributed by atoms with Crippen molar-refractivity contribution in [1.82, 2.24) is 5.32 Å². The molecule has 3 atom stereocenters. The van der Waals surface area contributed by atoms with Gasteiger partial charge < -0.3 is 5.32 Å². The molecular weight excluding hydrogens is 194 g/mol. The zero-order valence-corrected chi connectivity index (χ0v) is 10.3. The summed E-state index contributed by atoms with van der Waals surface area (Å²) in [6, 6.07) is 7.74. The van der Waals surface area contributed by atoms with Gasteiger partial charge in [0.05, 0.1) is 0 Å². The minimum absolute atomic E-state index is 0.584. The molecule has 1 fully saturated rings. The lowest BCUT2D eigenvalue weighted by Gasteiger charge is -2.17. The predicted octanol–water partition coefficient (Wildman–Crippen LogP) is 3.09. The van der Waals surface area contributed by atoms with Crippen LogP contribution >= 0.6 is 0 Å². The normalized spacial score (nSPS) is 28.9. The van der Waals surface area contributed by atoms with Gasteiger partial charge in [-0.05, 0) is 61.3 Å². The van der Waals surface area contributed by atoms with Crippen molar-refractivity contribution in [3.05, 3.63) is 34.9 Å². The van der Waals surface area contributed by atoms with Gasteiger partial charge in [0.1, 0.15) is 0 Å². The van der Waals surface area contributed by atoms with Crippen molar-refractivity contribution < 1.29 is 0 Å². The molecule has 0 spiro atoms. The van der Waals surface area contributed by atoms with Crippen LogP contribution in [0.5, 0.6) is 0 Å². The third kappa shape index (κ3) is 1.67. The van der Waals surface area contributed by atoms with Crippen LogP contribution in [0.1, 0.15) is 42.5 Å². The number of rotatable bonds is 3. The first-order valence-electron chi connectivity index (χ1n) is 6.58. The van der Waals surface area contributed by atoms with E-state index in [2.05, 4.69) is 37.5 Å². The first-order valence-corrected chi connectivity index (χ1v) is 6.58. The van der Waals surface area contributed by atoms with Crippen molar-refractivity contribution >= 4 is 0 Å². The van der Waals surface area contributed by atoms with Crippen LogP contribution in [-0.2, 0) is 12.8 Å². The van der Waals surface area contributed by atoms with E-state index in [4.69, 9.17) is 0 Å². The fourth-order valence-electron chi connectivity index (χ4n) is 3.23. The summed E-state index contributed by atoms with van der Waals surface area (Å²) < 4.78 is 0. The van der Waals surface area contributed by atoms with Crippen LogP contribution in [-0.4, -0.2) is 7.05 Å². The number of benzene rings is 1. The van der Waals surface area contributed by atoms with E-state index >= 15 is 0 Å². The Morgan fingerprint density at radius 2 is 2.00 bits per heavy atom. The fraction of sp³-hybridized carbons (Fsp3) is 0.600. The van der Waals surface area contributed by atoms with Gasteiger partial charge in [-0.2, -0.15) is 0 Å². The highest BCUT2D eigenvalue weighted by atomic mass is 14.9. The highest BCUT2D eigenvalue weighted by molar-refractivity contribution is 5.37. The SMILES string of the molecule is CNC(c1ccc2c(c1)CCC2)C1CC1C. The Hall–Kier alpha value is -0.820. The van der Waals surface area contributed by atoms with E-state index < -0.39 is 0 Å². The number of fused-ring (bicyclic) bond motifs is 1. The zero-order valence-electron chi connectivity index (χ0n) is 10.3. The largest absolute Gasteiger partial charge is 0.313 e. The molecule has 2 aliphatic rings. The van der Waals surface area contributed by atoms with E-state index in [1.807, 2.05) is 0 Å². The van der Waals surface area contributed by atoms with Gasteiger partial charge in [-0.15, -0.1) is 0 Å². The number of aryl methyl sites for hydroxylation is 2. The van der Waals surface area contributed by atoms with Gasteiger partial charge in [0.25, 0.3) is 0 Å². The summed E-state index contributed by atoms with van der Waals surface area (Å²) >= 11 is 0. The number of nitrogens with one attached hydrogen (secondary N) is 1. The minimum Gasteiger partial charge on any atom is -0.313 e. The monoisotopic (exact) mass is 215 g/mol. The Labute approximate surface area is 98.3 Å². The van der Waals surface area contributed by atoms with Crippen molar-refractivity contribution in [3.63, 3.8) is 0 Å². The van der Waals surface area contributed by atoms with Crippen LogP contribution in [0.15, 0.2) is 18.2 Å². The molecule has 1 aromatic rings. The van der Waals surface area contributed by atoms with Gasteiger partial charge in [-0.3, -0.25) is 0 Å². The molecule has 3 unspecified atom stereocenters. The summed E-state index contributed by atoms with van der Waals surface area (Å²) in [4.78, 5) is 0. The second kappa shape index (κ2) is 3.89. The molecule has 1 nitrogen and oxygen atoms in total. The van der Waals surface area contributed by atoms with E-state index in [-0.39, 0.29) is 0 Å². The van der Waals surface area contributed by atoms with Crippen LogP contribution in [0.4, 0.5) is 0 Å². The molecule has 0 bridgehead atoms. The highest BCUT2D eigenvalue weighted by Gasteiger charge is 2.39. The Bertz CT molecular complexity index is 396. The van der Waals surface area contributed by atoms with Crippen molar-refractivity contribution in [2.24, 2.45) is 11.8 Å². The summed E-state index contributed by atoms with van der Waals surface area (Å²) in [6.07, 6.45) is 5.32. The molecule has 1 aromatic carbocycles. The lowest BCUT2D eigenvalue weighted by Crippen LogP contribution is -2.19. The van der Waals surface area contributed by atoms with Gasteiger partial charge in [0.2, 0.25) is 0 Å². The fourth-order valence-corrected chi connectivity index (χ4v) is 3.23. The molecule has 0 saturated heterocycles. The van der Waals surface area contributed by atoms with E-state index in [0.717, 1.165) is 11.8 Å². The van der Waals surface area contributed by atoms with Gasteiger partial charge in [0.15, 0.2) is 0 Å². The van der Waals surface area contributed by atoms with Gasteiger partial charge in [-0.1, -0.05) is 25.1 Å². The van der Waals surface area contributed by atoms with Crippen molar-refractivity contribution in [2.75, 3.05) is 7.05 Å². The number of hydrogen-bond donors (Lipinski definition) is 1. The molecule has 1 saturated carbocycles. The summed E-state index contributed by atoms with van der Waals surface area (Å²) in [5.41, 5.74) is 4.70. The molecular formula is C15H21N. The Balaban J connectivity index is 1.87. The maximum absolute atomic E-state index is 3.50. The van der Waals surface area contributed by atoms with E-state index in [9.17, 15) is 0 Å².